The van der Waals surface area contributed by atoms with Crippen LogP contribution in [0, 0.1) is 11.8 Å². The molecule has 3 aromatic carbocycles. The van der Waals surface area contributed by atoms with Crippen molar-refractivity contribution in [2.24, 2.45) is 11.8 Å². The summed E-state index contributed by atoms with van der Waals surface area (Å²) in [6.45, 7) is 4.32. The Labute approximate surface area is 230 Å². The Morgan fingerprint density at radius 1 is 1.15 bits per heavy atom. The highest BCUT2D eigenvalue weighted by atomic mass is 35.5. The molecular weight excluding hydrogens is 516 g/mol. The monoisotopic (exact) mass is 544 g/mol. The molecule has 7 rings (SSSR count). The number of imidazole rings is 1. The molecule has 9 heteroatoms. The standard InChI is InChI=1S/C30H29ClN4O4/c1-14(2)26(34-30(37)38-3)29(36)35-23-10-16(23)11-24(35)28-32-22-7-4-15-9-21-19-6-5-18(31)8-17(19)13-39-25(21)12-20(15)27(22)33-28/h4-9,12,14,16,23-24,26H,10-11,13H2,1-3H3,(H,32,33)(H,34,37)/t16?,23?,24-,26-/m0/s1. The molecule has 0 bridgehead atoms. The summed E-state index contributed by atoms with van der Waals surface area (Å²) in [5, 5.41) is 5.54. The van der Waals surface area contributed by atoms with E-state index in [4.69, 9.17) is 26.1 Å². The fraction of sp³-hybridized carbons (Fsp3) is 0.367. The van der Waals surface area contributed by atoms with Crippen molar-refractivity contribution in [1.82, 2.24) is 20.2 Å². The topological polar surface area (TPSA) is 96.5 Å². The number of alkyl carbamates (subject to hydrolysis) is 1. The van der Waals surface area contributed by atoms with Crippen molar-refractivity contribution in [3.8, 4) is 16.9 Å². The number of halogens is 1. The van der Waals surface area contributed by atoms with Crippen LogP contribution in [-0.4, -0.2) is 46.1 Å². The SMILES string of the molecule is COC(=O)N[C@H](C(=O)N1C2CC2C[C@H]1c1nc2ccc3cc4c(cc3c2[nH]1)OCc1cc(Cl)ccc1-4)C(C)C. The van der Waals surface area contributed by atoms with E-state index in [-0.39, 0.29) is 23.9 Å². The summed E-state index contributed by atoms with van der Waals surface area (Å²) >= 11 is 6.21. The third kappa shape index (κ3) is 3.92. The summed E-state index contributed by atoms with van der Waals surface area (Å²) in [6.07, 6.45) is 1.25. The number of fused-ring (bicyclic) bond motifs is 7. The van der Waals surface area contributed by atoms with Gasteiger partial charge in [-0.1, -0.05) is 37.6 Å². The Morgan fingerprint density at radius 3 is 2.79 bits per heavy atom. The molecule has 4 aromatic rings. The number of carbonyl (C=O) groups is 2. The number of amides is 2. The maximum Gasteiger partial charge on any atom is 0.407 e. The van der Waals surface area contributed by atoms with Gasteiger partial charge in [-0.2, -0.15) is 0 Å². The van der Waals surface area contributed by atoms with Gasteiger partial charge < -0.3 is 24.7 Å². The molecule has 1 aliphatic carbocycles. The number of methoxy groups -OCH3 is 1. The Bertz CT molecular complexity index is 1660. The summed E-state index contributed by atoms with van der Waals surface area (Å²) in [4.78, 5) is 36.2. The minimum atomic E-state index is -0.661. The van der Waals surface area contributed by atoms with Crippen molar-refractivity contribution in [2.45, 2.75) is 51.4 Å². The molecule has 1 aromatic heterocycles. The fourth-order valence-electron chi connectivity index (χ4n) is 6.32. The van der Waals surface area contributed by atoms with Crippen molar-refractivity contribution < 1.29 is 19.1 Å². The molecule has 4 atom stereocenters. The number of carbonyl (C=O) groups excluding carboxylic acids is 2. The first-order valence-electron chi connectivity index (χ1n) is 13.4. The lowest BCUT2D eigenvalue weighted by atomic mass is 9.94. The van der Waals surface area contributed by atoms with Crippen molar-refractivity contribution >= 4 is 45.4 Å². The van der Waals surface area contributed by atoms with Crippen LogP contribution in [0.3, 0.4) is 0 Å². The molecule has 3 aliphatic rings. The van der Waals surface area contributed by atoms with E-state index in [9.17, 15) is 9.59 Å². The van der Waals surface area contributed by atoms with Crippen LogP contribution in [0.25, 0.3) is 32.9 Å². The van der Waals surface area contributed by atoms with Crippen LogP contribution in [0.2, 0.25) is 5.02 Å². The zero-order valence-corrected chi connectivity index (χ0v) is 22.7. The number of H-pyrrole nitrogens is 1. The number of hydrogen-bond acceptors (Lipinski definition) is 5. The first-order chi connectivity index (χ1) is 18.8. The molecule has 2 fully saturated rings. The van der Waals surface area contributed by atoms with Gasteiger partial charge in [0.2, 0.25) is 5.91 Å². The molecule has 200 valence electrons. The normalized spacial score (nSPS) is 21.8. The van der Waals surface area contributed by atoms with E-state index in [1.165, 1.54) is 7.11 Å². The molecular formula is C30H29ClN4O4. The van der Waals surface area contributed by atoms with Crippen LogP contribution in [0.1, 0.15) is 44.1 Å². The molecule has 2 unspecified atom stereocenters. The Balaban J connectivity index is 1.26. The quantitative estimate of drug-likeness (QED) is 0.330. The second kappa shape index (κ2) is 8.88. The number of piperidine rings is 1. The largest absolute Gasteiger partial charge is 0.488 e. The fourth-order valence-corrected chi connectivity index (χ4v) is 6.51. The van der Waals surface area contributed by atoms with Gasteiger partial charge in [0.15, 0.2) is 0 Å². The highest BCUT2D eigenvalue weighted by Gasteiger charge is 2.56. The van der Waals surface area contributed by atoms with Gasteiger partial charge in [-0.15, -0.1) is 0 Å². The van der Waals surface area contributed by atoms with Gasteiger partial charge in [0, 0.05) is 22.0 Å². The second-order valence-corrected chi connectivity index (χ2v) is 11.6. The lowest BCUT2D eigenvalue weighted by Crippen LogP contribution is -2.52. The summed E-state index contributed by atoms with van der Waals surface area (Å²) in [6, 6.07) is 13.6. The second-order valence-electron chi connectivity index (χ2n) is 11.2. The number of hydrogen-bond donors (Lipinski definition) is 2. The van der Waals surface area contributed by atoms with E-state index in [1.807, 2.05) is 43.0 Å². The minimum absolute atomic E-state index is 0.0815. The highest BCUT2D eigenvalue weighted by Crippen LogP contribution is 2.53. The smallest absolute Gasteiger partial charge is 0.407 e. The van der Waals surface area contributed by atoms with Crippen LogP contribution in [-0.2, 0) is 16.1 Å². The molecule has 1 saturated carbocycles. The molecule has 1 saturated heterocycles. The van der Waals surface area contributed by atoms with E-state index in [2.05, 4.69) is 28.5 Å². The van der Waals surface area contributed by atoms with Gasteiger partial charge >= 0.3 is 6.09 Å². The van der Waals surface area contributed by atoms with Gasteiger partial charge in [-0.3, -0.25) is 4.79 Å². The predicted octanol–water partition coefficient (Wildman–Crippen LogP) is 5.97. The summed E-state index contributed by atoms with van der Waals surface area (Å²) < 4.78 is 10.9. The van der Waals surface area contributed by atoms with Gasteiger partial charge in [-0.25, -0.2) is 9.78 Å². The van der Waals surface area contributed by atoms with E-state index >= 15 is 0 Å². The third-order valence-electron chi connectivity index (χ3n) is 8.40. The van der Waals surface area contributed by atoms with Crippen molar-refractivity contribution in [3.63, 3.8) is 0 Å². The van der Waals surface area contributed by atoms with E-state index < -0.39 is 12.1 Å². The lowest BCUT2D eigenvalue weighted by molar-refractivity contribution is -0.136. The zero-order valence-electron chi connectivity index (χ0n) is 22.0. The molecule has 39 heavy (non-hydrogen) atoms. The maximum atomic E-state index is 13.8. The maximum absolute atomic E-state index is 13.8. The number of benzene rings is 3. The first-order valence-corrected chi connectivity index (χ1v) is 13.7. The minimum Gasteiger partial charge on any atom is -0.488 e. The molecule has 2 N–H and O–H groups in total. The average Bonchev–Trinajstić information content (AvgIpc) is 3.37. The molecule has 0 spiro atoms. The Morgan fingerprint density at radius 2 is 2.00 bits per heavy atom. The number of aromatic nitrogens is 2. The Hall–Kier alpha value is -3.78. The number of ether oxygens (including phenoxy) is 2. The number of likely N-dealkylation sites (tertiary alicyclic amines) is 1. The van der Waals surface area contributed by atoms with Crippen molar-refractivity contribution in [1.29, 1.82) is 0 Å². The van der Waals surface area contributed by atoms with Crippen LogP contribution in [0.4, 0.5) is 4.79 Å². The lowest BCUT2D eigenvalue weighted by Gasteiger charge is -2.31. The molecule has 0 radical (unpaired) electrons. The molecule has 2 amide bonds. The van der Waals surface area contributed by atoms with Gasteiger partial charge in [0.1, 0.15) is 24.2 Å². The highest BCUT2D eigenvalue weighted by molar-refractivity contribution is 6.30. The molecule has 3 heterocycles. The Kier molecular flexibility index (Phi) is 5.53. The predicted molar refractivity (Wildman–Crippen MR) is 149 cm³/mol. The number of nitrogens with zero attached hydrogens (tertiary/aromatic N) is 2. The van der Waals surface area contributed by atoms with Crippen molar-refractivity contribution in [2.75, 3.05) is 7.11 Å². The van der Waals surface area contributed by atoms with Crippen LogP contribution in [0.15, 0.2) is 42.5 Å². The average molecular weight is 545 g/mol. The van der Waals surface area contributed by atoms with Crippen molar-refractivity contribution in [3.05, 3.63) is 58.9 Å². The van der Waals surface area contributed by atoms with E-state index in [1.54, 1.807) is 0 Å². The van der Waals surface area contributed by atoms with Gasteiger partial charge in [0.25, 0.3) is 0 Å². The number of rotatable bonds is 4. The first kappa shape index (κ1) is 24.3. The van der Waals surface area contributed by atoms with E-state index in [0.717, 1.165) is 62.9 Å². The van der Waals surface area contributed by atoms with Crippen LogP contribution >= 0.6 is 11.6 Å². The molecule has 8 nitrogen and oxygen atoms in total. The van der Waals surface area contributed by atoms with Crippen LogP contribution in [0.5, 0.6) is 5.75 Å². The number of aromatic amines is 1. The number of nitrogens with one attached hydrogen (secondary N) is 2. The van der Waals surface area contributed by atoms with E-state index in [0.29, 0.717) is 17.5 Å². The summed E-state index contributed by atoms with van der Waals surface area (Å²) in [7, 11) is 1.31. The van der Waals surface area contributed by atoms with Crippen LogP contribution < -0.4 is 10.1 Å². The third-order valence-corrected chi connectivity index (χ3v) is 8.63. The summed E-state index contributed by atoms with van der Waals surface area (Å²) in [5.74, 6) is 1.90. The van der Waals surface area contributed by atoms with Gasteiger partial charge in [-0.05, 0) is 71.5 Å². The van der Waals surface area contributed by atoms with Gasteiger partial charge in [0.05, 0.1) is 24.2 Å². The zero-order chi connectivity index (χ0) is 27.0. The summed E-state index contributed by atoms with van der Waals surface area (Å²) in [5.41, 5.74) is 5.03. The molecule has 2 aliphatic heterocycles.